The molecule has 2 N–H and O–H groups in total. The average Bonchev–Trinajstić information content (AvgIpc) is 2.84. The van der Waals surface area contributed by atoms with Crippen LogP contribution < -0.4 is 5.32 Å². The van der Waals surface area contributed by atoms with E-state index in [4.69, 9.17) is 0 Å². The summed E-state index contributed by atoms with van der Waals surface area (Å²) >= 11 is 0. The molecule has 0 aliphatic heterocycles. The number of aliphatic hydroxyl groups is 1. The lowest BCUT2D eigenvalue weighted by molar-refractivity contribution is -0.129. The first-order valence-electron chi connectivity index (χ1n) is 6.26. The third kappa shape index (κ3) is 3.42. The average molecular weight is 277 g/mol. The van der Waals surface area contributed by atoms with Gasteiger partial charge in [0.1, 0.15) is 5.82 Å². The molecule has 2 aromatic rings. The summed E-state index contributed by atoms with van der Waals surface area (Å²) in [5.41, 5.74) is 1.35. The molecule has 1 aromatic heterocycles. The number of carbonyl (C=O) groups excluding carboxylic acids is 1. The number of hydrogen-bond donors (Lipinski definition) is 2. The van der Waals surface area contributed by atoms with Crippen molar-refractivity contribution in [2.24, 2.45) is 7.05 Å². The van der Waals surface area contributed by atoms with Gasteiger partial charge in [-0.05, 0) is 23.8 Å². The van der Waals surface area contributed by atoms with Crippen molar-refractivity contribution in [1.29, 1.82) is 0 Å². The van der Waals surface area contributed by atoms with Crippen molar-refractivity contribution in [3.8, 4) is 0 Å². The number of aliphatic hydroxyl groups excluding tert-OH is 1. The Kier molecular flexibility index (Phi) is 4.47. The summed E-state index contributed by atoms with van der Waals surface area (Å²) in [7, 11) is 1.82. The van der Waals surface area contributed by atoms with E-state index in [-0.39, 0.29) is 0 Å². The van der Waals surface area contributed by atoms with E-state index in [1.807, 2.05) is 13.1 Å². The Hall–Kier alpha value is -2.21. The van der Waals surface area contributed by atoms with Crippen LogP contribution in [0.15, 0.2) is 36.5 Å². The number of carbonyl (C=O) groups is 1. The first-order chi connectivity index (χ1) is 9.58. The van der Waals surface area contributed by atoms with Crippen LogP contribution in [0.5, 0.6) is 0 Å². The largest absolute Gasteiger partial charge is 0.378 e. The number of aryl methyl sites for hydroxylation is 1. The van der Waals surface area contributed by atoms with Gasteiger partial charge in [0.25, 0.3) is 5.91 Å². The third-order valence-corrected chi connectivity index (χ3v) is 3.04. The molecule has 106 valence electrons. The smallest absolute Gasteiger partial charge is 0.253 e. The third-order valence-electron chi connectivity index (χ3n) is 3.04. The number of nitrogens with one attached hydrogen (secondary N) is 1. The standard InChI is InChI=1S/C14H16FN3O2/c1-18-12(7-9-17-18)6-8-16-14(20)13(19)10-2-4-11(15)5-3-10/h2-5,7,9,13,19H,6,8H2,1H3,(H,16,20)/t13-/m0/s1. The minimum Gasteiger partial charge on any atom is -0.378 e. The van der Waals surface area contributed by atoms with E-state index < -0.39 is 17.8 Å². The highest BCUT2D eigenvalue weighted by Gasteiger charge is 2.16. The summed E-state index contributed by atoms with van der Waals surface area (Å²) in [5, 5.41) is 16.5. The van der Waals surface area contributed by atoms with Crippen molar-refractivity contribution in [3.05, 3.63) is 53.6 Å². The van der Waals surface area contributed by atoms with Crippen LogP contribution in [0.25, 0.3) is 0 Å². The van der Waals surface area contributed by atoms with Crippen molar-refractivity contribution < 1.29 is 14.3 Å². The van der Waals surface area contributed by atoms with E-state index in [1.165, 1.54) is 24.3 Å². The fraction of sp³-hybridized carbons (Fsp3) is 0.286. The van der Waals surface area contributed by atoms with Crippen LogP contribution in [-0.4, -0.2) is 27.3 Å². The molecular weight excluding hydrogens is 261 g/mol. The molecule has 0 spiro atoms. The molecule has 6 heteroatoms. The van der Waals surface area contributed by atoms with E-state index in [2.05, 4.69) is 10.4 Å². The number of hydrogen-bond acceptors (Lipinski definition) is 3. The molecular formula is C14H16FN3O2. The summed E-state index contributed by atoms with van der Waals surface area (Å²) in [4.78, 5) is 11.8. The van der Waals surface area contributed by atoms with Crippen LogP contribution in [0.1, 0.15) is 17.4 Å². The molecule has 5 nitrogen and oxygen atoms in total. The first kappa shape index (κ1) is 14.2. The van der Waals surface area contributed by atoms with Crippen LogP contribution >= 0.6 is 0 Å². The number of aromatic nitrogens is 2. The van der Waals surface area contributed by atoms with Crippen LogP contribution in [0.3, 0.4) is 0 Å². The second kappa shape index (κ2) is 6.29. The summed E-state index contributed by atoms with van der Waals surface area (Å²) in [5.74, 6) is -0.906. The molecule has 0 aliphatic carbocycles. The highest BCUT2D eigenvalue weighted by molar-refractivity contribution is 5.81. The number of benzene rings is 1. The topological polar surface area (TPSA) is 67.2 Å². The number of amides is 1. The molecule has 1 atom stereocenters. The minimum atomic E-state index is -1.29. The molecule has 0 unspecified atom stereocenters. The lowest BCUT2D eigenvalue weighted by Crippen LogP contribution is -2.31. The monoisotopic (exact) mass is 277 g/mol. The van der Waals surface area contributed by atoms with E-state index >= 15 is 0 Å². The van der Waals surface area contributed by atoms with Gasteiger partial charge in [-0.1, -0.05) is 12.1 Å². The second-order valence-corrected chi connectivity index (χ2v) is 4.44. The van der Waals surface area contributed by atoms with Crippen molar-refractivity contribution in [3.63, 3.8) is 0 Å². The van der Waals surface area contributed by atoms with E-state index in [9.17, 15) is 14.3 Å². The molecule has 1 heterocycles. The highest BCUT2D eigenvalue weighted by Crippen LogP contribution is 2.13. The Morgan fingerprint density at radius 3 is 2.70 bits per heavy atom. The second-order valence-electron chi connectivity index (χ2n) is 4.44. The van der Waals surface area contributed by atoms with Gasteiger partial charge in [-0.3, -0.25) is 9.48 Å². The molecule has 0 aliphatic rings. The Morgan fingerprint density at radius 1 is 1.40 bits per heavy atom. The van der Waals surface area contributed by atoms with Gasteiger partial charge in [-0.15, -0.1) is 0 Å². The van der Waals surface area contributed by atoms with Gasteiger partial charge in [0.15, 0.2) is 6.10 Å². The fourth-order valence-electron chi connectivity index (χ4n) is 1.85. The summed E-state index contributed by atoms with van der Waals surface area (Å²) in [6, 6.07) is 7.06. The molecule has 0 radical (unpaired) electrons. The molecule has 20 heavy (non-hydrogen) atoms. The quantitative estimate of drug-likeness (QED) is 0.855. The van der Waals surface area contributed by atoms with Gasteiger partial charge in [0.05, 0.1) is 0 Å². The molecule has 0 fully saturated rings. The van der Waals surface area contributed by atoms with E-state index in [0.29, 0.717) is 18.5 Å². The Labute approximate surface area is 116 Å². The Bertz CT molecular complexity index is 580. The SMILES string of the molecule is Cn1nccc1CCNC(=O)[C@@H](O)c1ccc(F)cc1. The van der Waals surface area contributed by atoms with Crippen molar-refractivity contribution >= 4 is 5.91 Å². The van der Waals surface area contributed by atoms with Crippen molar-refractivity contribution in [2.75, 3.05) is 6.54 Å². The van der Waals surface area contributed by atoms with Crippen molar-refractivity contribution in [1.82, 2.24) is 15.1 Å². The molecule has 0 bridgehead atoms. The van der Waals surface area contributed by atoms with Crippen molar-refractivity contribution in [2.45, 2.75) is 12.5 Å². The van der Waals surface area contributed by atoms with E-state index in [0.717, 1.165) is 5.69 Å². The summed E-state index contributed by atoms with van der Waals surface area (Å²) in [6.07, 6.45) is 1.02. The lowest BCUT2D eigenvalue weighted by atomic mass is 10.1. The van der Waals surface area contributed by atoms with Gasteiger partial charge in [0, 0.05) is 31.9 Å². The van der Waals surface area contributed by atoms with Gasteiger partial charge in [0.2, 0.25) is 0 Å². The molecule has 1 amide bonds. The predicted molar refractivity (Wildman–Crippen MR) is 71.3 cm³/mol. The van der Waals surface area contributed by atoms with Crippen LogP contribution in [0, 0.1) is 5.82 Å². The zero-order valence-corrected chi connectivity index (χ0v) is 11.1. The number of halogens is 1. The predicted octanol–water partition coefficient (Wildman–Crippen LogP) is 0.951. The van der Waals surface area contributed by atoms with Crippen LogP contribution in [-0.2, 0) is 18.3 Å². The molecule has 0 saturated carbocycles. The number of nitrogens with zero attached hydrogens (tertiary/aromatic N) is 2. The van der Waals surface area contributed by atoms with Crippen LogP contribution in [0.2, 0.25) is 0 Å². The normalized spacial score (nSPS) is 12.2. The fourth-order valence-corrected chi connectivity index (χ4v) is 1.85. The zero-order chi connectivity index (χ0) is 14.5. The summed E-state index contributed by atoms with van der Waals surface area (Å²) < 4.78 is 14.5. The van der Waals surface area contributed by atoms with E-state index in [1.54, 1.807) is 10.9 Å². The molecule has 0 saturated heterocycles. The lowest BCUT2D eigenvalue weighted by Gasteiger charge is -2.11. The van der Waals surface area contributed by atoms with Crippen LogP contribution in [0.4, 0.5) is 4.39 Å². The van der Waals surface area contributed by atoms with Gasteiger partial charge in [-0.2, -0.15) is 5.10 Å². The molecule has 1 aromatic carbocycles. The van der Waals surface area contributed by atoms with Gasteiger partial charge in [-0.25, -0.2) is 4.39 Å². The zero-order valence-electron chi connectivity index (χ0n) is 11.1. The number of rotatable bonds is 5. The van der Waals surface area contributed by atoms with Gasteiger partial charge >= 0.3 is 0 Å². The molecule has 2 rings (SSSR count). The Balaban J connectivity index is 1.85. The Morgan fingerprint density at radius 2 is 2.10 bits per heavy atom. The highest BCUT2D eigenvalue weighted by atomic mass is 19.1. The summed E-state index contributed by atoms with van der Waals surface area (Å²) in [6.45, 7) is 0.399. The first-order valence-corrected chi connectivity index (χ1v) is 6.26. The minimum absolute atomic E-state index is 0.365. The van der Waals surface area contributed by atoms with Gasteiger partial charge < -0.3 is 10.4 Å². The maximum Gasteiger partial charge on any atom is 0.253 e. The maximum atomic E-state index is 12.8. The maximum absolute atomic E-state index is 12.8.